The van der Waals surface area contributed by atoms with Gasteiger partial charge in [-0.05, 0) is 12.8 Å². The Kier molecular flexibility index (Phi) is 4.10. The third-order valence-electron chi connectivity index (χ3n) is 1.78. The van der Waals surface area contributed by atoms with Gasteiger partial charge in [-0.1, -0.05) is 34.8 Å². The highest BCUT2D eigenvalue weighted by Crippen LogP contribution is 2.26. The first-order valence-electron chi connectivity index (χ1n) is 3.99. The van der Waals surface area contributed by atoms with E-state index in [2.05, 4.69) is 4.99 Å². The Bertz CT molecular complexity index is 196. The number of hydrogen-bond acceptors (Lipinski definition) is 2. The number of nitrogens with zero attached hydrogens (tertiary/aromatic N) is 1. The van der Waals surface area contributed by atoms with Crippen LogP contribution < -0.4 is 5.73 Å². The number of aliphatic imine (C=N–C) groups is 1. The molecule has 0 aromatic carbocycles. The van der Waals surface area contributed by atoms with Gasteiger partial charge in [0.25, 0.3) is 0 Å². The smallest absolute Gasteiger partial charge is 0.247 e. The molecule has 1 rings (SSSR count). The van der Waals surface area contributed by atoms with E-state index in [0.717, 1.165) is 19.4 Å². The highest BCUT2D eigenvalue weighted by atomic mass is 35.6. The van der Waals surface area contributed by atoms with E-state index in [1.807, 2.05) is 0 Å². The van der Waals surface area contributed by atoms with Crippen molar-refractivity contribution in [3.05, 3.63) is 0 Å². The third kappa shape index (κ3) is 3.90. The fraction of sp³-hybridized carbons (Fsp3) is 0.857. The zero-order valence-corrected chi connectivity index (χ0v) is 9.24. The molecule has 0 spiro atoms. The summed E-state index contributed by atoms with van der Waals surface area (Å²) in [5.41, 5.74) is 5.43. The molecule has 0 amide bonds. The summed E-state index contributed by atoms with van der Waals surface area (Å²) in [5.74, 6) is 0.0213. The summed E-state index contributed by atoms with van der Waals surface area (Å²) in [6, 6.07) is 0. The first-order chi connectivity index (χ1) is 6.00. The zero-order valence-electron chi connectivity index (χ0n) is 6.97. The van der Waals surface area contributed by atoms with E-state index in [1.54, 1.807) is 0 Å². The molecule has 0 radical (unpaired) electrons. The van der Waals surface area contributed by atoms with E-state index in [1.165, 1.54) is 0 Å². The maximum absolute atomic E-state index is 5.50. The van der Waals surface area contributed by atoms with Crippen molar-refractivity contribution in [3.8, 4) is 0 Å². The number of ether oxygens (including phenoxy) is 1. The van der Waals surface area contributed by atoms with E-state index in [9.17, 15) is 0 Å². The lowest BCUT2D eigenvalue weighted by Gasteiger charge is -2.11. The van der Waals surface area contributed by atoms with Crippen molar-refractivity contribution in [2.75, 3.05) is 13.2 Å². The van der Waals surface area contributed by atoms with Crippen LogP contribution in [0.15, 0.2) is 4.99 Å². The Labute approximate surface area is 92.2 Å². The van der Waals surface area contributed by atoms with Crippen LogP contribution in [0.5, 0.6) is 0 Å². The molecule has 1 saturated heterocycles. The number of nitrogens with two attached hydrogens (primary N) is 1. The number of halogens is 3. The topological polar surface area (TPSA) is 47.6 Å². The van der Waals surface area contributed by atoms with E-state index in [4.69, 9.17) is 45.3 Å². The Morgan fingerprint density at radius 3 is 2.69 bits per heavy atom. The fourth-order valence-electron chi connectivity index (χ4n) is 1.08. The van der Waals surface area contributed by atoms with Gasteiger partial charge in [0, 0.05) is 6.61 Å². The fourth-order valence-corrected chi connectivity index (χ4v) is 1.26. The molecule has 1 fully saturated rings. The van der Waals surface area contributed by atoms with E-state index >= 15 is 0 Å². The lowest BCUT2D eigenvalue weighted by atomic mass is 10.2. The van der Waals surface area contributed by atoms with Gasteiger partial charge in [0.15, 0.2) is 0 Å². The maximum atomic E-state index is 5.50. The molecule has 0 aromatic heterocycles. The molecule has 0 bridgehead atoms. The minimum absolute atomic E-state index is 0.0213. The van der Waals surface area contributed by atoms with E-state index in [-0.39, 0.29) is 11.9 Å². The second kappa shape index (κ2) is 4.69. The molecule has 2 N–H and O–H groups in total. The van der Waals surface area contributed by atoms with E-state index in [0.29, 0.717) is 6.54 Å². The van der Waals surface area contributed by atoms with Crippen LogP contribution in [0, 0.1) is 0 Å². The number of hydrogen-bond donors (Lipinski definition) is 1. The van der Waals surface area contributed by atoms with Gasteiger partial charge in [0.05, 0.1) is 12.6 Å². The van der Waals surface area contributed by atoms with Crippen LogP contribution in [0.3, 0.4) is 0 Å². The van der Waals surface area contributed by atoms with Crippen LogP contribution in [0.25, 0.3) is 0 Å². The Hall–Kier alpha value is 0.300. The third-order valence-corrected chi connectivity index (χ3v) is 2.36. The molecule has 0 saturated carbocycles. The number of amidine groups is 1. The molecular weight excluding hydrogens is 234 g/mol. The summed E-state index contributed by atoms with van der Waals surface area (Å²) in [6.45, 7) is 1.26. The first kappa shape index (κ1) is 11.4. The molecule has 1 heterocycles. The van der Waals surface area contributed by atoms with Gasteiger partial charge in [-0.3, -0.25) is 4.99 Å². The van der Waals surface area contributed by atoms with Crippen LogP contribution in [-0.2, 0) is 4.74 Å². The van der Waals surface area contributed by atoms with Crippen LogP contribution in [-0.4, -0.2) is 28.9 Å². The Morgan fingerprint density at radius 1 is 1.54 bits per heavy atom. The summed E-state index contributed by atoms with van der Waals surface area (Å²) >= 11 is 16.5. The van der Waals surface area contributed by atoms with Gasteiger partial charge in [-0.15, -0.1) is 0 Å². The predicted molar refractivity (Wildman–Crippen MR) is 55.8 cm³/mol. The average Bonchev–Trinajstić information content (AvgIpc) is 2.50. The largest absolute Gasteiger partial charge is 0.384 e. The van der Waals surface area contributed by atoms with Crippen molar-refractivity contribution in [2.24, 2.45) is 10.7 Å². The lowest BCUT2D eigenvalue weighted by molar-refractivity contribution is 0.118. The molecule has 1 atom stereocenters. The summed E-state index contributed by atoms with van der Waals surface area (Å²) in [6.07, 6.45) is 2.19. The highest BCUT2D eigenvalue weighted by Gasteiger charge is 2.25. The Balaban J connectivity index is 2.38. The second-order valence-electron chi connectivity index (χ2n) is 2.86. The van der Waals surface area contributed by atoms with Crippen LogP contribution in [0.2, 0.25) is 0 Å². The second-order valence-corrected chi connectivity index (χ2v) is 5.14. The van der Waals surface area contributed by atoms with Gasteiger partial charge >= 0.3 is 0 Å². The van der Waals surface area contributed by atoms with Gasteiger partial charge in [0.2, 0.25) is 3.79 Å². The van der Waals surface area contributed by atoms with Crippen molar-refractivity contribution in [3.63, 3.8) is 0 Å². The summed E-state index contributed by atoms with van der Waals surface area (Å²) < 4.78 is 3.73. The molecule has 1 unspecified atom stereocenters. The molecule has 76 valence electrons. The molecular formula is C7H11Cl3N2O. The minimum Gasteiger partial charge on any atom is -0.384 e. The molecule has 0 aliphatic carbocycles. The molecule has 6 heteroatoms. The van der Waals surface area contributed by atoms with E-state index < -0.39 is 3.79 Å². The van der Waals surface area contributed by atoms with Crippen molar-refractivity contribution in [1.29, 1.82) is 0 Å². The average molecular weight is 246 g/mol. The van der Waals surface area contributed by atoms with Crippen LogP contribution >= 0.6 is 34.8 Å². The Morgan fingerprint density at radius 2 is 2.23 bits per heavy atom. The first-order valence-corrected chi connectivity index (χ1v) is 5.12. The predicted octanol–water partition coefficient (Wildman–Crippen LogP) is 1.89. The minimum atomic E-state index is -1.60. The highest BCUT2D eigenvalue weighted by molar-refractivity contribution is 6.76. The van der Waals surface area contributed by atoms with Crippen molar-refractivity contribution < 1.29 is 4.74 Å². The van der Waals surface area contributed by atoms with Gasteiger partial charge in [0.1, 0.15) is 5.84 Å². The SMILES string of the molecule is NC(=NCC1CCCO1)C(Cl)(Cl)Cl. The standard InChI is InChI=1S/C7H11Cl3N2O/c8-7(9,10)6(11)12-4-5-2-1-3-13-5/h5H,1-4H2,(H2,11,12). The lowest BCUT2D eigenvalue weighted by Crippen LogP contribution is -2.29. The van der Waals surface area contributed by atoms with Crippen molar-refractivity contribution >= 4 is 40.6 Å². The maximum Gasteiger partial charge on any atom is 0.247 e. The molecule has 13 heavy (non-hydrogen) atoms. The van der Waals surface area contributed by atoms with Gasteiger partial charge < -0.3 is 10.5 Å². The molecule has 0 aromatic rings. The van der Waals surface area contributed by atoms with Crippen LogP contribution in [0.1, 0.15) is 12.8 Å². The summed E-state index contributed by atoms with van der Waals surface area (Å²) in [5, 5.41) is 0. The monoisotopic (exact) mass is 244 g/mol. The van der Waals surface area contributed by atoms with Crippen molar-refractivity contribution in [1.82, 2.24) is 0 Å². The quantitative estimate of drug-likeness (QED) is 0.459. The van der Waals surface area contributed by atoms with Crippen LogP contribution in [0.4, 0.5) is 0 Å². The summed E-state index contributed by atoms with van der Waals surface area (Å²) in [4.78, 5) is 3.95. The van der Waals surface area contributed by atoms with Crippen molar-refractivity contribution in [2.45, 2.75) is 22.7 Å². The normalized spacial score (nSPS) is 25.2. The summed E-state index contributed by atoms with van der Waals surface area (Å²) in [7, 11) is 0. The zero-order chi connectivity index (χ0) is 9.90. The number of alkyl halides is 3. The molecule has 1 aliphatic rings. The van der Waals surface area contributed by atoms with Gasteiger partial charge in [-0.25, -0.2) is 0 Å². The molecule has 1 aliphatic heterocycles. The number of rotatable bonds is 2. The molecule has 3 nitrogen and oxygen atoms in total. The van der Waals surface area contributed by atoms with Gasteiger partial charge in [-0.2, -0.15) is 0 Å².